The maximum absolute atomic E-state index is 11.8. The molecule has 0 bridgehead atoms. The maximum Gasteiger partial charge on any atom is 0.408 e. The van der Waals surface area contributed by atoms with Gasteiger partial charge in [-0.05, 0) is 33.6 Å². The smallest absolute Gasteiger partial charge is 0.408 e. The molecule has 6 nitrogen and oxygen atoms in total. The highest BCUT2D eigenvalue weighted by molar-refractivity contribution is 5.73. The first kappa shape index (κ1) is 15.8. The molecule has 1 aliphatic rings. The fourth-order valence-electron chi connectivity index (χ4n) is 2.09. The summed E-state index contributed by atoms with van der Waals surface area (Å²) in [6.07, 6.45) is 0.530. The van der Waals surface area contributed by atoms with E-state index in [0.29, 0.717) is 25.9 Å². The zero-order valence-electron chi connectivity index (χ0n) is 12.2. The van der Waals surface area contributed by atoms with Crippen LogP contribution in [0, 0.1) is 0 Å². The van der Waals surface area contributed by atoms with Crippen molar-refractivity contribution in [2.45, 2.75) is 51.7 Å². The van der Waals surface area contributed by atoms with Gasteiger partial charge in [0.15, 0.2) is 0 Å². The quantitative estimate of drug-likeness (QED) is 0.782. The summed E-state index contributed by atoms with van der Waals surface area (Å²) in [5, 5.41) is 12.3. The van der Waals surface area contributed by atoms with Crippen LogP contribution >= 0.6 is 0 Å². The van der Waals surface area contributed by atoms with E-state index in [1.807, 2.05) is 0 Å². The summed E-state index contributed by atoms with van der Waals surface area (Å²) < 4.78 is 5.20. The van der Waals surface area contributed by atoms with Gasteiger partial charge < -0.3 is 20.1 Å². The van der Waals surface area contributed by atoms with Gasteiger partial charge in [-0.25, -0.2) is 4.79 Å². The number of piperidine rings is 1. The Labute approximate surface area is 114 Å². The predicted octanol–water partition coefficient (Wildman–Crippen LogP) is 0.884. The largest absolute Gasteiger partial charge is 0.444 e. The second-order valence-corrected chi connectivity index (χ2v) is 6.07. The van der Waals surface area contributed by atoms with E-state index in [4.69, 9.17) is 4.74 Å². The normalized spacial score (nSPS) is 18.9. The molecule has 1 rings (SSSR count). The van der Waals surface area contributed by atoms with Gasteiger partial charge in [0.05, 0.1) is 12.1 Å². The summed E-state index contributed by atoms with van der Waals surface area (Å²) in [6.45, 7) is 7.80. The molecule has 0 saturated carbocycles. The molecule has 1 saturated heterocycles. The molecule has 0 aromatic rings. The molecule has 19 heavy (non-hydrogen) atoms. The highest BCUT2D eigenvalue weighted by Crippen LogP contribution is 2.22. The van der Waals surface area contributed by atoms with Crippen molar-refractivity contribution >= 4 is 12.0 Å². The molecule has 0 unspecified atom stereocenters. The third kappa shape index (κ3) is 4.70. The van der Waals surface area contributed by atoms with E-state index < -0.39 is 17.2 Å². The van der Waals surface area contributed by atoms with Crippen LogP contribution in [0.4, 0.5) is 4.79 Å². The Kier molecular flexibility index (Phi) is 4.79. The first-order chi connectivity index (χ1) is 8.67. The number of aliphatic hydroxyl groups is 1. The van der Waals surface area contributed by atoms with Gasteiger partial charge in [-0.2, -0.15) is 0 Å². The highest BCUT2D eigenvalue weighted by atomic mass is 16.6. The molecule has 110 valence electrons. The minimum Gasteiger partial charge on any atom is -0.444 e. The number of hydrogen-bond donors (Lipinski definition) is 2. The van der Waals surface area contributed by atoms with Crippen molar-refractivity contribution in [1.29, 1.82) is 0 Å². The minimum absolute atomic E-state index is 0.0174. The summed E-state index contributed by atoms with van der Waals surface area (Å²) in [6, 6.07) is 0. The fourth-order valence-corrected chi connectivity index (χ4v) is 2.09. The molecule has 0 aromatic heterocycles. The van der Waals surface area contributed by atoms with Crippen molar-refractivity contribution in [1.82, 2.24) is 10.2 Å². The average Bonchev–Trinajstić information content (AvgIpc) is 2.26. The number of rotatable bonds is 2. The van der Waals surface area contributed by atoms with E-state index in [1.165, 1.54) is 6.92 Å². The van der Waals surface area contributed by atoms with Gasteiger partial charge in [-0.1, -0.05) is 0 Å². The van der Waals surface area contributed by atoms with Gasteiger partial charge in [-0.3, -0.25) is 4.79 Å². The van der Waals surface area contributed by atoms with Gasteiger partial charge in [-0.15, -0.1) is 0 Å². The Morgan fingerprint density at radius 1 is 1.32 bits per heavy atom. The second-order valence-electron chi connectivity index (χ2n) is 6.07. The molecule has 0 spiro atoms. The number of aliphatic hydroxyl groups excluding tert-OH is 1. The van der Waals surface area contributed by atoms with Crippen molar-refractivity contribution in [3.8, 4) is 0 Å². The van der Waals surface area contributed by atoms with Gasteiger partial charge in [0.1, 0.15) is 5.60 Å². The number of carbonyl (C=O) groups excluding carboxylic acids is 2. The molecule has 1 aliphatic heterocycles. The monoisotopic (exact) mass is 272 g/mol. The SMILES string of the molecule is CC(=O)N1CCC(CO)(NC(=O)OC(C)(C)C)CC1. The number of nitrogens with zero attached hydrogens (tertiary/aromatic N) is 1. The highest BCUT2D eigenvalue weighted by Gasteiger charge is 2.37. The second kappa shape index (κ2) is 5.77. The average molecular weight is 272 g/mol. The van der Waals surface area contributed by atoms with Crippen LogP contribution in [0.2, 0.25) is 0 Å². The van der Waals surface area contributed by atoms with Crippen LogP contribution in [0.3, 0.4) is 0 Å². The number of amides is 2. The molecule has 0 radical (unpaired) electrons. The van der Waals surface area contributed by atoms with E-state index >= 15 is 0 Å². The number of ether oxygens (including phenoxy) is 1. The standard InChI is InChI=1S/C13H24N2O4/c1-10(17)15-7-5-13(9-16,6-8-15)14-11(18)19-12(2,3)4/h16H,5-9H2,1-4H3,(H,14,18). The lowest BCUT2D eigenvalue weighted by atomic mass is 9.88. The van der Waals surface area contributed by atoms with E-state index in [1.54, 1.807) is 25.7 Å². The van der Waals surface area contributed by atoms with Gasteiger partial charge >= 0.3 is 6.09 Å². The topological polar surface area (TPSA) is 78.9 Å². The summed E-state index contributed by atoms with van der Waals surface area (Å²) in [7, 11) is 0. The van der Waals surface area contributed by atoms with Crippen LogP contribution in [0.1, 0.15) is 40.5 Å². The molecule has 0 atom stereocenters. The van der Waals surface area contributed by atoms with Crippen LogP contribution in [0.15, 0.2) is 0 Å². The Morgan fingerprint density at radius 2 is 1.84 bits per heavy atom. The van der Waals surface area contributed by atoms with E-state index in [-0.39, 0.29) is 12.5 Å². The molecule has 6 heteroatoms. The van der Waals surface area contributed by atoms with Crippen LogP contribution in [-0.4, -0.2) is 52.8 Å². The predicted molar refractivity (Wildman–Crippen MR) is 70.7 cm³/mol. The van der Waals surface area contributed by atoms with Gasteiger partial charge in [0.25, 0.3) is 0 Å². The Morgan fingerprint density at radius 3 is 2.21 bits per heavy atom. The Bertz CT molecular complexity index is 341. The zero-order valence-corrected chi connectivity index (χ0v) is 12.2. The molecule has 2 amide bonds. The van der Waals surface area contributed by atoms with E-state index in [0.717, 1.165) is 0 Å². The van der Waals surface area contributed by atoms with Crippen molar-refractivity contribution in [3.05, 3.63) is 0 Å². The van der Waals surface area contributed by atoms with Crippen molar-refractivity contribution < 1.29 is 19.4 Å². The Balaban J connectivity index is 2.59. The molecule has 0 aromatic carbocycles. The lowest BCUT2D eigenvalue weighted by molar-refractivity contribution is -0.130. The number of hydrogen-bond acceptors (Lipinski definition) is 4. The van der Waals surface area contributed by atoms with Crippen molar-refractivity contribution in [2.75, 3.05) is 19.7 Å². The molecular formula is C13H24N2O4. The number of likely N-dealkylation sites (tertiary alicyclic amines) is 1. The van der Waals surface area contributed by atoms with E-state index in [2.05, 4.69) is 5.32 Å². The number of carbonyl (C=O) groups is 2. The first-order valence-corrected chi connectivity index (χ1v) is 6.55. The van der Waals surface area contributed by atoms with Crippen LogP contribution in [0.25, 0.3) is 0 Å². The third-order valence-electron chi connectivity index (χ3n) is 3.23. The lowest BCUT2D eigenvalue weighted by Gasteiger charge is -2.41. The summed E-state index contributed by atoms with van der Waals surface area (Å²) in [5.74, 6) is 0.0174. The van der Waals surface area contributed by atoms with Gasteiger partial charge in [0.2, 0.25) is 5.91 Å². The Hall–Kier alpha value is -1.30. The molecule has 0 aliphatic carbocycles. The molecule has 1 fully saturated rings. The number of nitrogens with one attached hydrogen (secondary N) is 1. The zero-order chi connectivity index (χ0) is 14.7. The fraction of sp³-hybridized carbons (Fsp3) is 0.846. The van der Waals surface area contributed by atoms with Crippen molar-refractivity contribution in [3.63, 3.8) is 0 Å². The van der Waals surface area contributed by atoms with E-state index in [9.17, 15) is 14.7 Å². The molecule has 2 N–H and O–H groups in total. The number of alkyl carbamates (subject to hydrolysis) is 1. The third-order valence-corrected chi connectivity index (χ3v) is 3.23. The summed E-state index contributed by atoms with van der Waals surface area (Å²) in [5.41, 5.74) is -1.25. The lowest BCUT2D eigenvalue weighted by Crippen LogP contribution is -2.58. The molecule has 1 heterocycles. The maximum atomic E-state index is 11.8. The van der Waals surface area contributed by atoms with Crippen LogP contribution in [-0.2, 0) is 9.53 Å². The first-order valence-electron chi connectivity index (χ1n) is 6.55. The van der Waals surface area contributed by atoms with Crippen LogP contribution < -0.4 is 5.32 Å². The van der Waals surface area contributed by atoms with Crippen molar-refractivity contribution in [2.24, 2.45) is 0 Å². The van der Waals surface area contributed by atoms with Crippen LogP contribution in [0.5, 0.6) is 0 Å². The minimum atomic E-state index is -0.686. The summed E-state index contributed by atoms with van der Waals surface area (Å²) >= 11 is 0. The van der Waals surface area contributed by atoms with Gasteiger partial charge in [0, 0.05) is 20.0 Å². The molecular weight excluding hydrogens is 248 g/mol. The summed E-state index contributed by atoms with van der Waals surface area (Å²) in [4.78, 5) is 24.8.